The number of aromatic nitrogens is 1. The molecule has 0 aliphatic carbocycles. The SMILES string of the molecule is CCOc1cc(/C=N\Nc2ncccc2[N+](=O)[O-])cc(Cl)c1OCc1ccc(Cl)cc1. The van der Waals surface area contributed by atoms with Gasteiger partial charge >= 0.3 is 5.69 Å². The highest BCUT2D eigenvalue weighted by atomic mass is 35.5. The van der Waals surface area contributed by atoms with Crippen LogP contribution in [0.4, 0.5) is 11.5 Å². The van der Waals surface area contributed by atoms with E-state index >= 15 is 0 Å². The molecule has 0 bridgehead atoms. The number of nitro groups is 1. The van der Waals surface area contributed by atoms with Crippen LogP contribution in [0.15, 0.2) is 59.8 Å². The van der Waals surface area contributed by atoms with Crippen molar-refractivity contribution in [2.45, 2.75) is 13.5 Å². The van der Waals surface area contributed by atoms with Gasteiger partial charge in [-0.2, -0.15) is 5.10 Å². The van der Waals surface area contributed by atoms with Crippen molar-refractivity contribution in [2.24, 2.45) is 5.10 Å². The lowest BCUT2D eigenvalue weighted by Crippen LogP contribution is -2.02. The lowest BCUT2D eigenvalue weighted by molar-refractivity contribution is -0.384. The minimum Gasteiger partial charge on any atom is -0.490 e. The topological polar surface area (TPSA) is 98.9 Å². The van der Waals surface area contributed by atoms with E-state index in [1.165, 1.54) is 24.5 Å². The second-order valence-electron chi connectivity index (χ2n) is 6.18. The summed E-state index contributed by atoms with van der Waals surface area (Å²) < 4.78 is 11.5. The first kappa shape index (κ1) is 22.3. The van der Waals surface area contributed by atoms with E-state index in [0.717, 1.165) is 5.56 Å². The van der Waals surface area contributed by atoms with Crippen molar-refractivity contribution in [2.75, 3.05) is 12.0 Å². The van der Waals surface area contributed by atoms with Crippen molar-refractivity contribution in [3.8, 4) is 11.5 Å². The Balaban J connectivity index is 1.77. The van der Waals surface area contributed by atoms with E-state index in [1.807, 2.05) is 19.1 Å². The van der Waals surface area contributed by atoms with Crippen LogP contribution >= 0.6 is 23.2 Å². The molecule has 160 valence electrons. The maximum absolute atomic E-state index is 11.1. The number of hydrazone groups is 1. The van der Waals surface area contributed by atoms with Gasteiger partial charge < -0.3 is 9.47 Å². The molecule has 0 amide bonds. The third-order valence-corrected chi connectivity index (χ3v) is 4.53. The Hall–Kier alpha value is -3.36. The maximum atomic E-state index is 11.1. The zero-order valence-electron chi connectivity index (χ0n) is 16.4. The van der Waals surface area contributed by atoms with Gasteiger partial charge in [0.2, 0.25) is 5.82 Å². The summed E-state index contributed by atoms with van der Waals surface area (Å²) in [6.07, 6.45) is 2.89. The predicted octanol–water partition coefficient (Wildman–Crippen LogP) is 5.72. The zero-order chi connectivity index (χ0) is 22.2. The molecule has 3 aromatic rings. The van der Waals surface area contributed by atoms with Gasteiger partial charge in [0.15, 0.2) is 11.5 Å². The summed E-state index contributed by atoms with van der Waals surface area (Å²) in [7, 11) is 0. The average Bonchev–Trinajstić information content (AvgIpc) is 2.75. The molecule has 8 nitrogen and oxygen atoms in total. The fourth-order valence-corrected chi connectivity index (χ4v) is 3.00. The standard InChI is InChI=1S/C21H18Cl2N4O4/c1-2-30-19-11-15(12-25-26-21-18(27(28)29)4-3-9-24-21)10-17(23)20(19)31-13-14-5-7-16(22)8-6-14/h3-12H,2,13H2,1H3,(H,24,26)/b25-12-. The highest BCUT2D eigenvalue weighted by molar-refractivity contribution is 6.32. The molecule has 1 heterocycles. The zero-order valence-corrected chi connectivity index (χ0v) is 17.9. The van der Waals surface area contributed by atoms with Crippen LogP contribution in [0.2, 0.25) is 10.0 Å². The minimum atomic E-state index is -0.540. The summed E-state index contributed by atoms with van der Waals surface area (Å²) in [6.45, 7) is 2.54. The third kappa shape index (κ3) is 6.07. The number of pyridine rings is 1. The van der Waals surface area contributed by atoms with E-state index in [9.17, 15) is 10.1 Å². The first-order chi connectivity index (χ1) is 15.0. The van der Waals surface area contributed by atoms with E-state index in [2.05, 4.69) is 15.5 Å². The number of hydrogen-bond donors (Lipinski definition) is 1. The van der Waals surface area contributed by atoms with Crippen molar-refractivity contribution in [3.63, 3.8) is 0 Å². The summed E-state index contributed by atoms with van der Waals surface area (Å²) in [5, 5.41) is 16.1. The molecule has 0 radical (unpaired) electrons. The maximum Gasteiger partial charge on any atom is 0.313 e. The molecule has 3 rings (SSSR count). The van der Waals surface area contributed by atoms with Gasteiger partial charge in [-0.25, -0.2) is 4.98 Å². The van der Waals surface area contributed by atoms with E-state index in [4.69, 9.17) is 32.7 Å². The second kappa shape index (κ2) is 10.6. The van der Waals surface area contributed by atoms with Gasteiger partial charge in [0, 0.05) is 17.3 Å². The molecular weight excluding hydrogens is 443 g/mol. The van der Waals surface area contributed by atoms with Crippen LogP contribution in [0.1, 0.15) is 18.1 Å². The number of rotatable bonds is 9. The molecule has 1 N–H and O–H groups in total. The second-order valence-corrected chi connectivity index (χ2v) is 7.02. The largest absolute Gasteiger partial charge is 0.490 e. The van der Waals surface area contributed by atoms with Crippen LogP contribution in [-0.4, -0.2) is 22.7 Å². The normalized spacial score (nSPS) is 10.8. The van der Waals surface area contributed by atoms with E-state index in [-0.39, 0.29) is 18.1 Å². The number of anilines is 1. The molecule has 0 aliphatic rings. The first-order valence-corrected chi connectivity index (χ1v) is 9.95. The fraction of sp³-hybridized carbons (Fsp3) is 0.143. The van der Waals surface area contributed by atoms with Crippen molar-refractivity contribution in [1.29, 1.82) is 0 Å². The fourth-order valence-electron chi connectivity index (χ4n) is 2.60. The summed E-state index contributed by atoms with van der Waals surface area (Å²) >= 11 is 12.3. The Morgan fingerprint density at radius 1 is 1.19 bits per heavy atom. The Morgan fingerprint density at radius 2 is 1.97 bits per heavy atom. The van der Waals surface area contributed by atoms with Crippen LogP contribution in [0.3, 0.4) is 0 Å². The van der Waals surface area contributed by atoms with Gasteiger partial charge in [-0.05, 0) is 48.4 Å². The molecule has 0 spiro atoms. The molecule has 0 atom stereocenters. The highest BCUT2D eigenvalue weighted by Gasteiger charge is 2.14. The quantitative estimate of drug-likeness (QED) is 0.249. The molecule has 10 heteroatoms. The van der Waals surface area contributed by atoms with Crippen LogP contribution in [0.25, 0.3) is 0 Å². The number of ether oxygens (including phenoxy) is 2. The van der Waals surface area contributed by atoms with Gasteiger partial charge in [-0.3, -0.25) is 15.5 Å². The Labute approximate surface area is 188 Å². The number of nitrogens with one attached hydrogen (secondary N) is 1. The smallest absolute Gasteiger partial charge is 0.313 e. The van der Waals surface area contributed by atoms with Gasteiger partial charge in [0.05, 0.1) is 22.8 Å². The highest BCUT2D eigenvalue weighted by Crippen LogP contribution is 2.37. The van der Waals surface area contributed by atoms with Crippen molar-refractivity contribution < 1.29 is 14.4 Å². The lowest BCUT2D eigenvalue weighted by Gasteiger charge is -2.14. The number of nitrogens with zero attached hydrogens (tertiary/aromatic N) is 3. The number of benzene rings is 2. The van der Waals surface area contributed by atoms with E-state index in [0.29, 0.717) is 33.7 Å². The first-order valence-electron chi connectivity index (χ1n) is 9.20. The molecule has 0 aliphatic heterocycles. The van der Waals surface area contributed by atoms with Crippen LogP contribution < -0.4 is 14.9 Å². The Morgan fingerprint density at radius 3 is 2.68 bits per heavy atom. The molecule has 0 saturated heterocycles. The minimum absolute atomic E-state index is 0.0304. The van der Waals surface area contributed by atoms with Crippen molar-refractivity contribution >= 4 is 40.9 Å². The molecule has 0 unspecified atom stereocenters. The molecular formula is C21H18Cl2N4O4. The predicted molar refractivity (Wildman–Crippen MR) is 121 cm³/mol. The summed E-state index contributed by atoms with van der Waals surface area (Å²) in [5.74, 6) is 0.890. The van der Waals surface area contributed by atoms with Crippen molar-refractivity contribution in [1.82, 2.24) is 4.98 Å². The van der Waals surface area contributed by atoms with Gasteiger partial charge in [-0.15, -0.1) is 0 Å². The van der Waals surface area contributed by atoms with Gasteiger partial charge in [0.1, 0.15) is 6.61 Å². The Bertz CT molecular complexity index is 1090. The van der Waals surface area contributed by atoms with Gasteiger partial charge in [-0.1, -0.05) is 35.3 Å². The number of halogens is 2. The van der Waals surface area contributed by atoms with Crippen LogP contribution in [-0.2, 0) is 6.61 Å². The molecule has 1 aromatic heterocycles. The van der Waals surface area contributed by atoms with E-state index in [1.54, 1.807) is 24.3 Å². The average molecular weight is 461 g/mol. The summed E-state index contributed by atoms with van der Waals surface area (Å²) in [5.41, 5.74) is 3.92. The van der Waals surface area contributed by atoms with Crippen LogP contribution in [0, 0.1) is 10.1 Å². The monoisotopic (exact) mass is 460 g/mol. The lowest BCUT2D eigenvalue weighted by atomic mass is 10.2. The summed E-state index contributed by atoms with van der Waals surface area (Å²) in [4.78, 5) is 14.4. The number of hydrogen-bond acceptors (Lipinski definition) is 7. The van der Waals surface area contributed by atoms with E-state index < -0.39 is 4.92 Å². The Kier molecular flexibility index (Phi) is 7.64. The van der Waals surface area contributed by atoms with Gasteiger partial charge in [0.25, 0.3) is 0 Å². The van der Waals surface area contributed by atoms with Crippen molar-refractivity contribution in [3.05, 3.63) is 86.0 Å². The molecule has 0 saturated carbocycles. The third-order valence-electron chi connectivity index (χ3n) is 4.00. The molecule has 31 heavy (non-hydrogen) atoms. The molecule has 0 fully saturated rings. The van der Waals surface area contributed by atoms with Crippen LogP contribution in [0.5, 0.6) is 11.5 Å². The summed E-state index contributed by atoms with van der Waals surface area (Å²) in [6, 6.07) is 13.5. The molecule has 2 aromatic carbocycles.